The van der Waals surface area contributed by atoms with E-state index in [-0.39, 0.29) is 12.1 Å². The summed E-state index contributed by atoms with van der Waals surface area (Å²) in [7, 11) is 0. The quantitative estimate of drug-likeness (QED) is 0.646. The molecule has 1 aliphatic heterocycles. The smallest absolute Gasteiger partial charge is 0.425 e. The van der Waals surface area contributed by atoms with Gasteiger partial charge in [-0.05, 0) is 27.2 Å². The van der Waals surface area contributed by atoms with E-state index in [0.29, 0.717) is 6.54 Å². The second-order valence-electron chi connectivity index (χ2n) is 4.44. The lowest BCUT2D eigenvalue weighted by Crippen LogP contribution is -2.47. The molecule has 1 amide bonds. The normalized spacial score (nSPS) is 22.6. The molecule has 0 aromatic carbocycles. The molecule has 1 heterocycles. The van der Waals surface area contributed by atoms with Gasteiger partial charge >= 0.3 is 6.09 Å². The summed E-state index contributed by atoms with van der Waals surface area (Å²) in [6.45, 7) is 6.78. The van der Waals surface area contributed by atoms with E-state index in [1.54, 1.807) is 0 Å². The van der Waals surface area contributed by atoms with E-state index in [0.717, 1.165) is 13.0 Å². The number of nitrogens with zero attached hydrogens (tertiary/aromatic N) is 1. The van der Waals surface area contributed by atoms with Crippen LogP contribution in [0.1, 0.15) is 27.2 Å². The van der Waals surface area contributed by atoms with Gasteiger partial charge in [0.15, 0.2) is 0 Å². The number of nitrogens with two attached hydrogens (primary N) is 1. The Morgan fingerprint density at radius 3 is 2.79 bits per heavy atom. The van der Waals surface area contributed by atoms with E-state index in [1.807, 2.05) is 20.8 Å². The molecule has 0 radical (unpaired) electrons. The van der Waals surface area contributed by atoms with Gasteiger partial charge in [-0.2, -0.15) is 0 Å². The maximum absolute atomic E-state index is 11.6. The number of rotatable bonds is 1. The molecule has 1 atom stereocenters. The number of hydrogen-bond donors (Lipinski definition) is 2. The largest absolute Gasteiger partial charge is 0.443 e. The van der Waals surface area contributed by atoms with Gasteiger partial charge in [-0.25, -0.2) is 15.2 Å². The van der Waals surface area contributed by atoms with Crippen LogP contribution < -0.4 is 11.2 Å². The van der Waals surface area contributed by atoms with Crippen molar-refractivity contribution in [2.24, 2.45) is 5.73 Å². The number of nitrogens with one attached hydrogen (secondary N) is 1. The number of hydrogen-bond acceptors (Lipinski definition) is 4. The van der Waals surface area contributed by atoms with Gasteiger partial charge in [-0.3, -0.25) is 0 Å². The molecule has 1 unspecified atom stereocenters. The van der Waals surface area contributed by atoms with Crippen LogP contribution in [0.25, 0.3) is 0 Å². The Hall–Kier alpha value is -0.810. The molecular formula is C9H19N3O2. The Bertz CT molecular complexity index is 213. The molecule has 1 rings (SSSR count). The summed E-state index contributed by atoms with van der Waals surface area (Å²) in [4.78, 5) is 11.6. The summed E-state index contributed by atoms with van der Waals surface area (Å²) in [5, 5.41) is 1.49. The number of ether oxygens (including phenoxy) is 1. The Kier molecular flexibility index (Phi) is 3.34. The van der Waals surface area contributed by atoms with Gasteiger partial charge in [0, 0.05) is 13.1 Å². The van der Waals surface area contributed by atoms with Crippen molar-refractivity contribution in [1.82, 2.24) is 10.4 Å². The highest BCUT2D eigenvalue weighted by Gasteiger charge is 2.31. The lowest BCUT2D eigenvalue weighted by molar-refractivity contribution is 0.0133. The minimum absolute atomic E-state index is 0.0600. The highest BCUT2D eigenvalue weighted by Crippen LogP contribution is 2.14. The SMILES string of the molecule is CC(C)(C)OC(=O)N1NCCC1CN. The van der Waals surface area contributed by atoms with Crippen LogP contribution in [0.15, 0.2) is 0 Å². The summed E-state index contributed by atoms with van der Waals surface area (Å²) in [5.41, 5.74) is 8.04. The molecular weight excluding hydrogens is 182 g/mol. The van der Waals surface area contributed by atoms with Crippen LogP contribution in [0.5, 0.6) is 0 Å². The summed E-state index contributed by atoms with van der Waals surface area (Å²) < 4.78 is 5.22. The van der Waals surface area contributed by atoms with Crippen molar-refractivity contribution < 1.29 is 9.53 Å². The van der Waals surface area contributed by atoms with Gasteiger partial charge in [-0.1, -0.05) is 0 Å². The van der Waals surface area contributed by atoms with Crippen LogP contribution in [0.3, 0.4) is 0 Å². The van der Waals surface area contributed by atoms with E-state index in [2.05, 4.69) is 5.43 Å². The third kappa shape index (κ3) is 2.85. The Morgan fingerprint density at radius 1 is 1.64 bits per heavy atom. The van der Waals surface area contributed by atoms with Crippen molar-refractivity contribution in [3.8, 4) is 0 Å². The van der Waals surface area contributed by atoms with Crippen molar-refractivity contribution in [3.63, 3.8) is 0 Å². The zero-order chi connectivity index (χ0) is 10.8. The van der Waals surface area contributed by atoms with Crippen LogP contribution in [-0.4, -0.2) is 35.8 Å². The number of carbonyl (C=O) groups excluding carboxylic acids is 1. The molecule has 1 aliphatic rings. The Morgan fingerprint density at radius 2 is 2.29 bits per heavy atom. The first-order valence-electron chi connectivity index (χ1n) is 4.90. The van der Waals surface area contributed by atoms with E-state index in [9.17, 15) is 4.79 Å². The topological polar surface area (TPSA) is 67.6 Å². The highest BCUT2D eigenvalue weighted by molar-refractivity contribution is 5.68. The van der Waals surface area contributed by atoms with Crippen LogP contribution in [0, 0.1) is 0 Å². The Balaban J connectivity index is 2.52. The molecule has 3 N–H and O–H groups in total. The molecule has 0 saturated carbocycles. The predicted octanol–water partition coefficient (Wildman–Crippen LogP) is 0.459. The fourth-order valence-electron chi connectivity index (χ4n) is 1.36. The van der Waals surface area contributed by atoms with Gasteiger partial charge in [-0.15, -0.1) is 0 Å². The summed E-state index contributed by atoms with van der Waals surface area (Å²) in [5.74, 6) is 0. The van der Waals surface area contributed by atoms with Gasteiger partial charge in [0.25, 0.3) is 0 Å². The molecule has 0 spiro atoms. The van der Waals surface area contributed by atoms with Crippen molar-refractivity contribution in [3.05, 3.63) is 0 Å². The first-order valence-corrected chi connectivity index (χ1v) is 4.90. The molecule has 0 aromatic heterocycles. The summed E-state index contributed by atoms with van der Waals surface area (Å²) in [6, 6.07) is 0.0600. The van der Waals surface area contributed by atoms with Crippen LogP contribution in [-0.2, 0) is 4.74 Å². The maximum Gasteiger partial charge on any atom is 0.425 e. The average molecular weight is 201 g/mol. The van der Waals surface area contributed by atoms with Crippen molar-refractivity contribution in [1.29, 1.82) is 0 Å². The Labute approximate surface area is 84.5 Å². The number of hydrazine groups is 1. The van der Waals surface area contributed by atoms with Crippen LogP contribution in [0.4, 0.5) is 4.79 Å². The van der Waals surface area contributed by atoms with Crippen molar-refractivity contribution >= 4 is 6.09 Å². The summed E-state index contributed by atoms with van der Waals surface area (Å²) >= 11 is 0. The van der Waals surface area contributed by atoms with Crippen LogP contribution in [0.2, 0.25) is 0 Å². The van der Waals surface area contributed by atoms with Gasteiger partial charge in [0.2, 0.25) is 0 Å². The van der Waals surface area contributed by atoms with Gasteiger partial charge in [0.05, 0.1) is 6.04 Å². The summed E-state index contributed by atoms with van der Waals surface area (Å²) in [6.07, 6.45) is 0.542. The second kappa shape index (κ2) is 4.14. The third-order valence-electron chi connectivity index (χ3n) is 1.99. The molecule has 1 fully saturated rings. The zero-order valence-electron chi connectivity index (χ0n) is 9.04. The molecule has 0 aliphatic carbocycles. The van der Waals surface area contributed by atoms with Crippen molar-refractivity contribution in [2.75, 3.05) is 13.1 Å². The van der Waals surface area contributed by atoms with Gasteiger partial charge < -0.3 is 10.5 Å². The van der Waals surface area contributed by atoms with E-state index in [1.165, 1.54) is 5.01 Å². The molecule has 82 valence electrons. The minimum atomic E-state index is -0.458. The average Bonchev–Trinajstić information content (AvgIpc) is 2.47. The van der Waals surface area contributed by atoms with Crippen LogP contribution >= 0.6 is 0 Å². The van der Waals surface area contributed by atoms with E-state index >= 15 is 0 Å². The maximum atomic E-state index is 11.6. The van der Waals surface area contributed by atoms with Crippen molar-refractivity contribution in [2.45, 2.75) is 38.8 Å². The molecule has 0 bridgehead atoms. The fourth-order valence-corrected chi connectivity index (χ4v) is 1.36. The number of carbonyl (C=O) groups is 1. The first-order chi connectivity index (χ1) is 6.44. The molecule has 5 nitrogen and oxygen atoms in total. The zero-order valence-corrected chi connectivity index (χ0v) is 9.04. The van der Waals surface area contributed by atoms with Gasteiger partial charge in [0.1, 0.15) is 5.60 Å². The third-order valence-corrected chi connectivity index (χ3v) is 1.99. The fraction of sp³-hybridized carbons (Fsp3) is 0.889. The molecule has 0 aromatic rings. The molecule has 1 saturated heterocycles. The van der Waals surface area contributed by atoms with E-state index in [4.69, 9.17) is 10.5 Å². The first kappa shape index (κ1) is 11.3. The minimum Gasteiger partial charge on any atom is -0.443 e. The lowest BCUT2D eigenvalue weighted by atomic mass is 10.2. The monoisotopic (exact) mass is 201 g/mol. The molecule has 5 heteroatoms. The standard InChI is InChI=1S/C9H19N3O2/c1-9(2,3)14-8(13)12-7(6-10)4-5-11-12/h7,11H,4-6,10H2,1-3H3. The predicted molar refractivity (Wildman–Crippen MR) is 53.5 cm³/mol. The lowest BCUT2D eigenvalue weighted by Gasteiger charge is -2.27. The van der Waals surface area contributed by atoms with E-state index < -0.39 is 5.60 Å². The molecule has 14 heavy (non-hydrogen) atoms. The number of amides is 1. The second-order valence-corrected chi connectivity index (χ2v) is 4.44. The highest BCUT2D eigenvalue weighted by atomic mass is 16.6.